The Hall–Kier alpha value is -2.24. The molecule has 1 aliphatic rings. The number of amides is 1. The molecule has 0 spiro atoms. The molecule has 0 atom stereocenters. The van der Waals surface area contributed by atoms with Crippen molar-refractivity contribution < 1.29 is 23.7 Å². The van der Waals surface area contributed by atoms with Gasteiger partial charge in [0.1, 0.15) is 17.5 Å². The molecule has 1 aliphatic heterocycles. The van der Waals surface area contributed by atoms with Crippen molar-refractivity contribution >= 4 is 62.9 Å². The highest BCUT2D eigenvalue weighted by atomic mass is 127. The van der Waals surface area contributed by atoms with Gasteiger partial charge in [0.15, 0.2) is 23.0 Å². The van der Waals surface area contributed by atoms with Gasteiger partial charge in [0.05, 0.1) is 22.7 Å². The van der Waals surface area contributed by atoms with E-state index in [-0.39, 0.29) is 5.91 Å². The standard InChI is InChI=1S/C23H22INO5S2/c1-4-9-25-22(26)20(32-23(25)31)14-15-12-16(24)21(19(13-15)28-3)30-11-10-29-18-8-6-5-7-17(18)27-2/h4-8,12-14H,1,9-11H2,2-3H3. The number of ether oxygens (including phenoxy) is 4. The van der Waals surface area contributed by atoms with Gasteiger partial charge in [-0.15, -0.1) is 6.58 Å². The number of hydrogen-bond donors (Lipinski definition) is 0. The van der Waals surface area contributed by atoms with Crippen molar-refractivity contribution in [2.45, 2.75) is 0 Å². The molecule has 2 aromatic rings. The van der Waals surface area contributed by atoms with E-state index >= 15 is 0 Å². The van der Waals surface area contributed by atoms with Crippen LogP contribution in [0.1, 0.15) is 5.56 Å². The van der Waals surface area contributed by atoms with Crippen molar-refractivity contribution in [3.05, 3.63) is 63.1 Å². The lowest BCUT2D eigenvalue weighted by Crippen LogP contribution is -2.27. The summed E-state index contributed by atoms with van der Waals surface area (Å²) in [5.41, 5.74) is 0.822. The minimum absolute atomic E-state index is 0.123. The molecule has 0 saturated carbocycles. The third-order valence-electron chi connectivity index (χ3n) is 4.39. The van der Waals surface area contributed by atoms with Crippen molar-refractivity contribution in [3.63, 3.8) is 0 Å². The lowest BCUT2D eigenvalue weighted by Gasteiger charge is -2.15. The predicted molar refractivity (Wildman–Crippen MR) is 140 cm³/mol. The maximum atomic E-state index is 12.6. The zero-order chi connectivity index (χ0) is 23.1. The zero-order valence-corrected chi connectivity index (χ0v) is 21.4. The van der Waals surface area contributed by atoms with Gasteiger partial charge in [0.25, 0.3) is 5.91 Å². The largest absolute Gasteiger partial charge is 0.493 e. The lowest BCUT2D eigenvalue weighted by molar-refractivity contribution is -0.121. The first-order valence-corrected chi connectivity index (χ1v) is 11.9. The summed E-state index contributed by atoms with van der Waals surface area (Å²) in [4.78, 5) is 14.7. The number of thiocarbonyl (C=S) groups is 1. The topological polar surface area (TPSA) is 57.2 Å². The fraction of sp³-hybridized carbons (Fsp3) is 0.217. The molecule has 1 amide bonds. The van der Waals surface area contributed by atoms with Crippen molar-refractivity contribution in [3.8, 4) is 23.0 Å². The number of thioether (sulfide) groups is 1. The monoisotopic (exact) mass is 583 g/mol. The second kappa shape index (κ2) is 11.6. The Morgan fingerprint density at radius 3 is 2.47 bits per heavy atom. The summed E-state index contributed by atoms with van der Waals surface area (Å²) in [6, 6.07) is 11.2. The molecule has 0 aromatic heterocycles. The Kier molecular flexibility index (Phi) is 8.83. The van der Waals surface area contributed by atoms with Crippen LogP contribution in [0.5, 0.6) is 23.0 Å². The predicted octanol–water partition coefficient (Wildman–Crippen LogP) is 5.15. The normalized spacial score (nSPS) is 14.6. The van der Waals surface area contributed by atoms with Gasteiger partial charge in [-0.3, -0.25) is 9.69 Å². The molecule has 1 fully saturated rings. The van der Waals surface area contributed by atoms with Gasteiger partial charge >= 0.3 is 0 Å². The van der Waals surface area contributed by atoms with E-state index < -0.39 is 0 Å². The van der Waals surface area contributed by atoms with Crippen molar-refractivity contribution in [1.82, 2.24) is 4.90 Å². The van der Waals surface area contributed by atoms with E-state index in [1.165, 1.54) is 16.7 Å². The molecule has 32 heavy (non-hydrogen) atoms. The van der Waals surface area contributed by atoms with Crippen LogP contribution in [0.2, 0.25) is 0 Å². The molecule has 6 nitrogen and oxygen atoms in total. The minimum atomic E-state index is -0.123. The third-order valence-corrected chi connectivity index (χ3v) is 6.57. The quantitative estimate of drug-likeness (QED) is 0.126. The van der Waals surface area contributed by atoms with Gasteiger partial charge in [0, 0.05) is 6.54 Å². The number of carbonyl (C=O) groups is 1. The van der Waals surface area contributed by atoms with E-state index in [0.717, 1.165) is 9.13 Å². The first-order valence-electron chi connectivity index (χ1n) is 9.61. The average molecular weight is 583 g/mol. The summed E-state index contributed by atoms with van der Waals surface area (Å²) >= 11 is 8.76. The lowest BCUT2D eigenvalue weighted by atomic mass is 10.2. The molecule has 168 valence electrons. The number of benzene rings is 2. The molecular formula is C23H22INO5S2. The maximum Gasteiger partial charge on any atom is 0.266 e. The molecule has 0 N–H and O–H groups in total. The highest BCUT2D eigenvalue weighted by molar-refractivity contribution is 14.1. The molecule has 0 aliphatic carbocycles. The van der Waals surface area contributed by atoms with Crippen LogP contribution in [0.15, 0.2) is 54.0 Å². The highest BCUT2D eigenvalue weighted by Gasteiger charge is 2.31. The number of carbonyl (C=O) groups excluding carboxylic acids is 1. The van der Waals surface area contributed by atoms with Crippen LogP contribution >= 0.6 is 46.6 Å². The van der Waals surface area contributed by atoms with E-state index in [1.54, 1.807) is 20.3 Å². The molecule has 2 aromatic carbocycles. The molecule has 3 rings (SSSR count). The Bertz CT molecular complexity index is 1060. The third kappa shape index (κ3) is 5.76. The van der Waals surface area contributed by atoms with E-state index in [9.17, 15) is 4.79 Å². The number of hydrogen-bond acceptors (Lipinski definition) is 7. The van der Waals surface area contributed by atoms with Crippen LogP contribution in [-0.2, 0) is 4.79 Å². The van der Waals surface area contributed by atoms with Crippen LogP contribution in [0.4, 0.5) is 0 Å². The maximum absolute atomic E-state index is 12.6. The molecule has 0 radical (unpaired) electrons. The van der Waals surface area contributed by atoms with Gasteiger partial charge in [-0.05, 0) is 58.5 Å². The zero-order valence-electron chi connectivity index (χ0n) is 17.6. The van der Waals surface area contributed by atoms with Gasteiger partial charge < -0.3 is 18.9 Å². The summed E-state index contributed by atoms with van der Waals surface area (Å²) in [5.74, 6) is 2.39. The van der Waals surface area contributed by atoms with Crippen LogP contribution in [-0.4, -0.2) is 49.1 Å². The second-order valence-corrected chi connectivity index (χ2v) is 9.30. The van der Waals surface area contributed by atoms with Gasteiger partial charge in [-0.25, -0.2) is 0 Å². The van der Waals surface area contributed by atoms with Crippen LogP contribution < -0.4 is 18.9 Å². The summed E-state index contributed by atoms with van der Waals surface area (Å²) in [7, 11) is 3.18. The summed E-state index contributed by atoms with van der Waals surface area (Å²) in [5, 5.41) is 0. The molecule has 9 heteroatoms. The number of para-hydroxylation sites is 2. The summed E-state index contributed by atoms with van der Waals surface area (Å²) in [6.07, 6.45) is 3.46. The van der Waals surface area contributed by atoms with Crippen molar-refractivity contribution in [2.75, 3.05) is 34.0 Å². The SMILES string of the molecule is C=CCN1C(=O)C(=Cc2cc(I)c(OCCOc3ccccc3OC)c(OC)c2)SC1=S. The van der Waals surface area contributed by atoms with E-state index in [4.69, 9.17) is 31.2 Å². The highest BCUT2D eigenvalue weighted by Crippen LogP contribution is 2.37. The van der Waals surface area contributed by atoms with Crippen molar-refractivity contribution in [2.24, 2.45) is 0 Å². The second-order valence-electron chi connectivity index (χ2n) is 6.46. The molecule has 1 heterocycles. The molecule has 0 unspecified atom stereocenters. The Morgan fingerprint density at radius 1 is 1.09 bits per heavy atom. The van der Waals surface area contributed by atoms with Gasteiger partial charge in [-0.1, -0.05) is 42.2 Å². The van der Waals surface area contributed by atoms with E-state index in [0.29, 0.717) is 52.0 Å². The molecule has 1 saturated heterocycles. The number of methoxy groups -OCH3 is 2. The first-order chi connectivity index (χ1) is 15.5. The molecular weight excluding hydrogens is 561 g/mol. The number of nitrogens with zero attached hydrogens (tertiary/aromatic N) is 1. The first kappa shape index (κ1) is 24.4. The fourth-order valence-corrected chi connectivity index (χ4v) is 4.99. The Morgan fingerprint density at radius 2 is 1.78 bits per heavy atom. The Balaban J connectivity index is 1.69. The smallest absolute Gasteiger partial charge is 0.266 e. The Labute approximate surface area is 210 Å². The molecule has 0 bridgehead atoms. The van der Waals surface area contributed by atoms with Crippen LogP contribution in [0.3, 0.4) is 0 Å². The summed E-state index contributed by atoms with van der Waals surface area (Å²) in [6.45, 7) is 4.73. The van der Waals surface area contributed by atoms with Gasteiger partial charge in [0.2, 0.25) is 0 Å². The number of rotatable bonds is 10. The average Bonchev–Trinajstić information content (AvgIpc) is 3.05. The number of halogens is 1. The van der Waals surface area contributed by atoms with E-state index in [2.05, 4.69) is 29.2 Å². The van der Waals surface area contributed by atoms with Crippen LogP contribution in [0, 0.1) is 3.57 Å². The van der Waals surface area contributed by atoms with E-state index in [1.807, 2.05) is 42.5 Å². The van der Waals surface area contributed by atoms with Crippen molar-refractivity contribution in [1.29, 1.82) is 0 Å². The van der Waals surface area contributed by atoms with Gasteiger partial charge in [-0.2, -0.15) is 0 Å². The van der Waals surface area contributed by atoms with Crippen LogP contribution in [0.25, 0.3) is 6.08 Å². The fourth-order valence-electron chi connectivity index (χ4n) is 2.93. The summed E-state index contributed by atoms with van der Waals surface area (Å²) < 4.78 is 23.9. The minimum Gasteiger partial charge on any atom is -0.493 e.